The quantitative estimate of drug-likeness (QED) is 0.683. The normalized spacial score (nSPS) is 18.2. The molecule has 6 heteroatoms. The van der Waals surface area contributed by atoms with Crippen molar-refractivity contribution in [2.45, 2.75) is 43.4 Å². The molecule has 1 aromatic heterocycles. The summed E-state index contributed by atoms with van der Waals surface area (Å²) in [7, 11) is 0. The number of hydrogen-bond donors (Lipinski definition) is 1. The third kappa shape index (κ3) is 2.94. The van der Waals surface area contributed by atoms with Crippen molar-refractivity contribution >= 4 is 50.9 Å². The Labute approximate surface area is 141 Å². The van der Waals surface area contributed by atoms with E-state index in [0.717, 1.165) is 17.6 Å². The number of hydrogen-bond acceptors (Lipinski definition) is 2. The van der Waals surface area contributed by atoms with Gasteiger partial charge >= 0.3 is 0 Å². The van der Waals surface area contributed by atoms with E-state index in [4.69, 9.17) is 12.2 Å². The molecule has 1 aliphatic carbocycles. The van der Waals surface area contributed by atoms with Gasteiger partial charge in [0.2, 0.25) is 0 Å². The lowest BCUT2D eigenvalue weighted by Gasteiger charge is -2.36. The summed E-state index contributed by atoms with van der Waals surface area (Å²) in [6.07, 6.45) is 8.47. The van der Waals surface area contributed by atoms with Crippen LogP contribution in [0.5, 0.6) is 0 Å². The highest BCUT2D eigenvalue weighted by Gasteiger charge is 2.32. The van der Waals surface area contributed by atoms with E-state index < -0.39 is 0 Å². The number of aromatic nitrogens is 2. The lowest BCUT2D eigenvalue weighted by atomic mass is 9.88. The molecule has 1 aromatic carbocycles. The van der Waals surface area contributed by atoms with Gasteiger partial charge in [-0.3, -0.25) is 0 Å². The van der Waals surface area contributed by atoms with Crippen LogP contribution in [0.25, 0.3) is 11.0 Å². The Morgan fingerprint density at radius 2 is 2.10 bits per heavy atom. The molecule has 114 valence electrons. The second-order valence-corrected chi connectivity index (χ2v) is 8.26. The molecular formula is C15H18BrFN2S2. The molecule has 2 aromatic rings. The zero-order valence-electron chi connectivity index (χ0n) is 11.9. The molecule has 0 spiro atoms. The molecule has 0 radical (unpaired) electrons. The number of nitrogens with zero attached hydrogens (tertiary/aromatic N) is 1. The molecule has 0 atom stereocenters. The zero-order chi connectivity index (χ0) is 15.0. The fraction of sp³-hybridized carbons (Fsp3) is 0.533. The van der Waals surface area contributed by atoms with E-state index in [9.17, 15) is 4.39 Å². The predicted octanol–water partition coefficient (Wildman–Crippen LogP) is 5.67. The number of H-pyrrole nitrogens is 1. The molecule has 1 N–H and O–H groups in total. The minimum atomic E-state index is -0.243. The molecule has 0 bridgehead atoms. The van der Waals surface area contributed by atoms with Gasteiger partial charge in [-0.1, -0.05) is 19.3 Å². The molecular weight excluding hydrogens is 371 g/mol. The number of thioether (sulfide) groups is 1. The van der Waals surface area contributed by atoms with Crippen molar-refractivity contribution in [1.82, 2.24) is 9.55 Å². The summed E-state index contributed by atoms with van der Waals surface area (Å²) in [5.74, 6) is -0.243. The van der Waals surface area contributed by atoms with Gasteiger partial charge in [-0.2, -0.15) is 11.8 Å². The molecule has 21 heavy (non-hydrogen) atoms. The summed E-state index contributed by atoms with van der Waals surface area (Å²) in [4.78, 5) is 3.20. The highest BCUT2D eigenvalue weighted by Crippen LogP contribution is 2.40. The van der Waals surface area contributed by atoms with Crippen LogP contribution in [-0.4, -0.2) is 20.6 Å². The van der Waals surface area contributed by atoms with Gasteiger partial charge in [-0.05, 0) is 53.3 Å². The second-order valence-electron chi connectivity index (χ2n) is 5.75. The monoisotopic (exact) mass is 388 g/mol. The van der Waals surface area contributed by atoms with Crippen LogP contribution in [0.1, 0.15) is 32.1 Å². The maximum atomic E-state index is 13.9. The molecule has 0 unspecified atom stereocenters. The fourth-order valence-corrected chi connectivity index (χ4v) is 4.79. The first-order valence-corrected chi connectivity index (χ1v) is 9.60. The standard InChI is InChI=1S/C15H18BrFN2S2/c1-21-15(5-3-2-4-6-15)9-19-13-8-11(17)10(16)7-12(13)18-14(19)20/h7-8H,2-6,9H2,1H3,(H,18,20). The number of halogens is 2. The minimum Gasteiger partial charge on any atom is -0.331 e. The van der Waals surface area contributed by atoms with Gasteiger partial charge in [0, 0.05) is 17.4 Å². The van der Waals surface area contributed by atoms with E-state index in [-0.39, 0.29) is 10.6 Å². The van der Waals surface area contributed by atoms with E-state index >= 15 is 0 Å². The van der Waals surface area contributed by atoms with Crippen molar-refractivity contribution < 1.29 is 4.39 Å². The van der Waals surface area contributed by atoms with E-state index in [1.807, 2.05) is 11.8 Å². The van der Waals surface area contributed by atoms with Gasteiger partial charge in [0.25, 0.3) is 0 Å². The van der Waals surface area contributed by atoms with Crippen molar-refractivity contribution in [2.75, 3.05) is 6.26 Å². The van der Waals surface area contributed by atoms with E-state index in [0.29, 0.717) is 9.24 Å². The number of benzene rings is 1. The number of aromatic amines is 1. The largest absolute Gasteiger partial charge is 0.331 e. The third-order valence-electron chi connectivity index (χ3n) is 4.46. The summed E-state index contributed by atoms with van der Waals surface area (Å²) >= 11 is 10.6. The maximum absolute atomic E-state index is 13.9. The highest BCUT2D eigenvalue weighted by molar-refractivity contribution is 9.10. The first kappa shape index (κ1) is 15.6. The average molecular weight is 389 g/mol. The summed E-state index contributed by atoms with van der Waals surface area (Å²) in [5, 5.41) is 0. The topological polar surface area (TPSA) is 20.7 Å². The van der Waals surface area contributed by atoms with Crippen LogP contribution in [-0.2, 0) is 6.54 Å². The molecule has 2 nitrogen and oxygen atoms in total. The average Bonchev–Trinajstić information content (AvgIpc) is 2.76. The Hall–Kier alpha value is -0.330. The van der Waals surface area contributed by atoms with Crippen LogP contribution in [0.15, 0.2) is 16.6 Å². The molecule has 0 amide bonds. The van der Waals surface area contributed by atoms with E-state index in [1.54, 1.807) is 12.1 Å². The van der Waals surface area contributed by atoms with Crippen LogP contribution in [0.3, 0.4) is 0 Å². The Morgan fingerprint density at radius 1 is 1.38 bits per heavy atom. The summed E-state index contributed by atoms with van der Waals surface area (Å²) in [6.45, 7) is 0.855. The SMILES string of the molecule is CSC1(Cn2c(=S)[nH]c3cc(Br)c(F)cc32)CCCCC1. The number of rotatable bonds is 3. The lowest BCUT2D eigenvalue weighted by Crippen LogP contribution is -2.33. The Kier molecular flexibility index (Phi) is 4.48. The predicted molar refractivity (Wildman–Crippen MR) is 94.1 cm³/mol. The molecule has 1 fully saturated rings. The van der Waals surface area contributed by atoms with Gasteiger partial charge in [0.05, 0.1) is 15.5 Å². The molecule has 0 saturated heterocycles. The van der Waals surface area contributed by atoms with Crippen LogP contribution in [0.2, 0.25) is 0 Å². The van der Waals surface area contributed by atoms with Gasteiger partial charge in [0.1, 0.15) is 5.82 Å². The first-order valence-electron chi connectivity index (χ1n) is 7.17. The van der Waals surface area contributed by atoms with Crippen LogP contribution < -0.4 is 0 Å². The van der Waals surface area contributed by atoms with Crippen LogP contribution >= 0.6 is 39.9 Å². The maximum Gasteiger partial charge on any atom is 0.178 e. The molecule has 1 heterocycles. The van der Waals surface area contributed by atoms with Crippen molar-refractivity contribution in [3.63, 3.8) is 0 Å². The summed E-state index contributed by atoms with van der Waals surface area (Å²) in [6, 6.07) is 3.34. The second kappa shape index (κ2) is 6.05. The molecule has 1 aliphatic rings. The first-order chi connectivity index (χ1) is 10.0. The zero-order valence-corrected chi connectivity index (χ0v) is 15.1. The molecule has 0 aliphatic heterocycles. The number of fused-ring (bicyclic) bond motifs is 1. The van der Waals surface area contributed by atoms with Crippen molar-refractivity contribution in [3.05, 3.63) is 27.2 Å². The fourth-order valence-electron chi connectivity index (χ4n) is 3.22. The smallest absolute Gasteiger partial charge is 0.178 e. The lowest BCUT2D eigenvalue weighted by molar-refractivity contribution is 0.360. The number of imidazole rings is 1. The Morgan fingerprint density at radius 3 is 2.76 bits per heavy atom. The van der Waals surface area contributed by atoms with Crippen molar-refractivity contribution in [1.29, 1.82) is 0 Å². The Balaban J connectivity index is 2.05. The van der Waals surface area contributed by atoms with E-state index in [2.05, 4.69) is 31.7 Å². The van der Waals surface area contributed by atoms with Crippen molar-refractivity contribution in [2.24, 2.45) is 0 Å². The van der Waals surface area contributed by atoms with Crippen molar-refractivity contribution in [3.8, 4) is 0 Å². The Bertz CT molecular complexity index is 716. The third-order valence-corrected chi connectivity index (χ3v) is 6.79. The minimum absolute atomic E-state index is 0.231. The van der Waals surface area contributed by atoms with E-state index in [1.165, 1.54) is 32.1 Å². The van der Waals surface area contributed by atoms with Crippen LogP contribution in [0.4, 0.5) is 4.39 Å². The summed E-state index contributed by atoms with van der Waals surface area (Å²) < 4.78 is 17.3. The van der Waals surface area contributed by atoms with Gasteiger partial charge in [-0.25, -0.2) is 4.39 Å². The summed E-state index contributed by atoms with van der Waals surface area (Å²) in [5.41, 5.74) is 1.75. The molecule has 3 rings (SSSR count). The van der Waals surface area contributed by atoms with Gasteiger partial charge in [-0.15, -0.1) is 0 Å². The molecule has 1 saturated carbocycles. The van der Waals surface area contributed by atoms with Gasteiger partial charge < -0.3 is 9.55 Å². The van der Waals surface area contributed by atoms with Gasteiger partial charge in [0.15, 0.2) is 4.77 Å². The number of nitrogens with one attached hydrogen (secondary N) is 1. The highest BCUT2D eigenvalue weighted by atomic mass is 79.9. The van der Waals surface area contributed by atoms with Crippen LogP contribution in [0, 0.1) is 10.6 Å².